The molecule has 0 amide bonds. The van der Waals surface area contributed by atoms with Gasteiger partial charge in [0.05, 0.1) is 12.7 Å². The van der Waals surface area contributed by atoms with Crippen molar-refractivity contribution in [1.29, 1.82) is 0 Å². The molecule has 1 aromatic carbocycles. The van der Waals surface area contributed by atoms with E-state index in [0.29, 0.717) is 28.7 Å². The van der Waals surface area contributed by atoms with Crippen molar-refractivity contribution >= 4 is 5.69 Å². The molecule has 0 aliphatic heterocycles. The maximum atomic E-state index is 5.99. The Morgan fingerprint density at radius 1 is 1.30 bits per heavy atom. The van der Waals surface area contributed by atoms with Crippen molar-refractivity contribution in [2.24, 2.45) is 0 Å². The summed E-state index contributed by atoms with van der Waals surface area (Å²) in [6.07, 6.45) is 2.95. The van der Waals surface area contributed by atoms with Gasteiger partial charge in [-0.3, -0.25) is 0 Å². The van der Waals surface area contributed by atoms with E-state index in [9.17, 15) is 0 Å². The first-order valence-electron chi connectivity index (χ1n) is 6.52. The highest BCUT2D eigenvalue weighted by Gasteiger charge is 2.43. The maximum Gasteiger partial charge on any atom is 0.260 e. The minimum atomic E-state index is -0.386. The number of methoxy groups -OCH3 is 2. The summed E-state index contributed by atoms with van der Waals surface area (Å²) in [4.78, 5) is 4.44. The van der Waals surface area contributed by atoms with E-state index in [4.69, 9.17) is 19.7 Å². The van der Waals surface area contributed by atoms with Gasteiger partial charge >= 0.3 is 0 Å². The Kier molecular flexibility index (Phi) is 3.10. The molecule has 2 N–H and O–H groups in total. The first-order chi connectivity index (χ1) is 9.68. The number of benzene rings is 1. The van der Waals surface area contributed by atoms with Gasteiger partial charge in [-0.1, -0.05) is 5.16 Å². The number of ether oxygens (including phenoxy) is 2. The van der Waals surface area contributed by atoms with E-state index in [0.717, 1.165) is 19.3 Å². The van der Waals surface area contributed by atoms with Crippen LogP contribution in [0.4, 0.5) is 5.69 Å². The van der Waals surface area contributed by atoms with E-state index in [1.165, 1.54) is 0 Å². The lowest BCUT2D eigenvalue weighted by atomic mass is 9.79. The highest BCUT2D eigenvalue weighted by Crippen LogP contribution is 2.43. The summed E-state index contributed by atoms with van der Waals surface area (Å²) >= 11 is 0. The van der Waals surface area contributed by atoms with Crippen LogP contribution in [0.3, 0.4) is 0 Å². The van der Waals surface area contributed by atoms with Crippen LogP contribution >= 0.6 is 0 Å². The summed E-state index contributed by atoms with van der Waals surface area (Å²) in [7, 11) is 3.27. The number of nitrogens with two attached hydrogens (primary N) is 1. The molecule has 0 spiro atoms. The van der Waals surface area contributed by atoms with Gasteiger partial charge in [0, 0.05) is 18.9 Å². The van der Waals surface area contributed by atoms with Gasteiger partial charge in [0.15, 0.2) is 0 Å². The van der Waals surface area contributed by atoms with Crippen LogP contribution in [-0.4, -0.2) is 24.4 Å². The molecule has 1 aliphatic rings. The number of hydrogen-bond acceptors (Lipinski definition) is 6. The minimum Gasteiger partial charge on any atom is -0.497 e. The Balaban J connectivity index is 1.94. The molecule has 0 saturated heterocycles. The van der Waals surface area contributed by atoms with E-state index in [2.05, 4.69) is 10.1 Å². The number of aromatic nitrogens is 2. The van der Waals surface area contributed by atoms with Gasteiger partial charge in [-0.05, 0) is 31.4 Å². The van der Waals surface area contributed by atoms with Gasteiger partial charge in [-0.2, -0.15) is 4.98 Å². The molecule has 1 heterocycles. The molecular formula is C14H17N3O3. The molecule has 6 heteroatoms. The second-order valence-electron chi connectivity index (χ2n) is 4.93. The van der Waals surface area contributed by atoms with Crippen molar-refractivity contribution < 1.29 is 14.0 Å². The Labute approximate surface area is 116 Å². The van der Waals surface area contributed by atoms with Crippen LogP contribution in [-0.2, 0) is 10.3 Å². The quantitative estimate of drug-likeness (QED) is 0.862. The van der Waals surface area contributed by atoms with Crippen LogP contribution in [0.15, 0.2) is 22.7 Å². The predicted octanol–water partition coefficient (Wildman–Crippen LogP) is 2.35. The molecule has 0 atom stereocenters. The standard InChI is InChI=1S/C14H17N3O3/c1-18-9-4-5-10(11(15)8-9)12-16-13(17-20-12)14(19-2)6-3-7-14/h4-5,8H,3,6-7,15H2,1-2H3. The molecule has 0 unspecified atom stereocenters. The van der Waals surface area contributed by atoms with Crippen molar-refractivity contribution in [2.75, 3.05) is 20.0 Å². The summed E-state index contributed by atoms with van der Waals surface area (Å²) in [6.45, 7) is 0. The van der Waals surface area contributed by atoms with Crippen LogP contribution < -0.4 is 10.5 Å². The lowest BCUT2D eigenvalue weighted by Crippen LogP contribution is -2.37. The summed E-state index contributed by atoms with van der Waals surface area (Å²) in [5, 5.41) is 4.04. The average Bonchev–Trinajstić information content (AvgIpc) is 2.87. The van der Waals surface area contributed by atoms with Gasteiger partial charge < -0.3 is 19.7 Å². The summed E-state index contributed by atoms with van der Waals surface area (Å²) in [6, 6.07) is 5.35. The number of nitrogen functional groups attached to an aromatic ring is 1. The Morgan fingerprint density at radius 3 is 2.65 bits per heavy atom. The first-order valence-corrected chi connectivity index (χ1v) is 6.52. The molecule has 1 aromatic heterocycles. The van der Waals surface area contributed by atoms with E-state index in [1.54, 1.807) is 20.3 Å². The normalized spacial score (nSPS) is 16.7. The van der Waals surface area contributed by atoms with Crippen molar-refractivity contribution in [3.05, 3.63) is 24.0 Å². The van der Waals surface area contributed by atoms with Crippen molar-refractivity contribution in [1.82, 2.24) is 10.1 Å². The molecule has 0 radical (unpaired) electrons. The maximum absolute atomic E-state index is 5.99. The topological polar surface area (TPSA) is 83.4 Å². The third-order valence-electron chi connectivity index (χ3n) is 3.87. The molecule has 20 heavy (non-hydrogen) atoms. The van der Waals surface area contributed by atoms with E-state index in [-0.39, 0.29) is 5.60 Å². The lowest BCUT2D eigenvalue weighted by molar-refractivity contribution is -0.0858. The number of anilines is 1. The van der Waals surface area contributed by atoms with Crippen molar-refractivity contribution in [3.63, 3.8) is 0 Å². The largest absolute Gasteiger partial charge is 0.497 e. The molecule has 6 nitrogen and oxygen atoms in total. The van der Waals surface area contributed by atoms with Gasteiger partial charge in [0.1, 0.15) is 11.4 Å². The van der Waals surface area contributed by atoms with E-state index in [1.807, 2.05) is 12.1 Å². The molecule has 3 rings (SSSR count). The van der Waals surface area contributed by atoms with Gasteiger partial charge in [-0.15, -0.1) is 0 Å². The fraction of sp³-hybridized carbons (Fsp3) is 0.429. The molecule has 106 valence electrons. The number of nitrogens with zero attached hydrogens (tertiary/aromatic N) is 2. The van der Waals surface area contributed by atoms with Crippen LogP contribution in [0.2, 0.25) is 0 Å². The number of rotatable bonds is 4. The highest BCUT2D eigenvalue weighted by molar-refractivity contribution is 5.71. The Hall–Kier alpha value is -2.08. The Morgan fingerprint density at radius 2 is 2.10 bits per heavy atom. The zero-order chi connectivity index (χ0) is 14.2. The first kappa shape index (κ1) is 12.9. The minimum absolute atomic E-state index is 0.386. The molecular weight excluding hydrogens is 258 g/mol. The zero-order valence-electron chi connectivity index (χ0n) is 11.5. The van der Waals surface area contributed by atoms with Crippen LogP contribution in [0, 0.1) is 0 Å². The van der Waals surface area contributed by atoms with Gasteiger partial charge in [0.25, 0.3) is 5.89 Å². The van der Waals surface area contributed by atoms with E-state index >= 15 is 0 Å². The molecule has 1 saturated carbocycles. The second kappa shape index (κ2) is 4.79. The van der Waals surface area contributed by atoms with Gasteiger partial charge in [-0.25, -0.2) is 0 Å². The summed E-state index contributed by atoms with van der Waals surface area (Å²) in [5.41, 5.74) is 6.85. The monoisotopic (exact) mass is 275 g/mol. The lowest BCUT2D eigenvalue weighted by Gasteiger charge is -2.37. The average molecular weight is 275 g/mol. The van der Waals surface area contributed by atoms with Crippen molar-refractivity contribution in [3.8, 4) is 17.2 Å². The fourth-order valence-corrected chi connectivity index (χ4v) is 2.40. The molecule has 0 bridgehead atoms. The third-order valence-corrected chi connectivity index (χ3v) is 3.87. The van der Waals surface area contributed by atoms with Gasteiger partial charge in [0.2, 0.25) is 5.82 Å². The Bertz CT molecular complexity index is 614. The van der Waals surface area contributed by atoms with Crippen molar-refractivity contribution in [2.45, 2.75) is 24.9 Å². The molecule has 2 aromatic rings. The zero-order valence-corrected chi connectivity index (χ0v) is 11.5. The van der Waals surface area contributed by atoms with E-state index < -0.39 is 0 Å². The smallest absolute Gasteiger partial charge is 0.260 e. The third kappa shape index (κ3) is 1.92. The summed E-state index contributed by atoms with van der Waals surface area (Å²) < 4.78 is 16.0. The molecule has 1 aliphatic carbocycles. The highest BCUT2D eigenvalue weighted by atomic mass is 16.5. The van der Waals surface area contributed by atoms with Crippen LogP contribution in [0.1, 0.15) is 25.1 Å². The summed E-state index contributed by atoms with van der Waals surface area (Å²) in [5.74, 6) is 1.69. The predicted molar refractivity (Wildman–Crippen MR) is 73.2 cm³/mol. The number of hydrogen-bond donors (Lipinski definition) is 1. The SMILES string of the molecule is COc1ccc(-c2nc(C3(OC)CCC3)no2)c(N)c1. The van der Waals surface area contributed by atoms with Crippen LogP contribution in [0.25, 0.3) is 11.5 Å². The molecule has 1 fully saturated rings. The fourth-order valence-electron chi connectivity index (χ4n) is 2.40. The van der Waals surface area contributed by atoms with Crippen LogP contribution in [0.5, 0.6) is 5.75 Å². The second-order valence-corrected chi connectivity index (χ2v) is 4.93.